The van der Waals surface area contributed by atoms with Gasteiger partial charge in [-0.2, -0.15) is 22.7 Å². The van der Waals surface area contributed by atoms with E-state index >= 15 is 0 Å². The maximum absolute atomic E-state index is 4.95. The second-order valence-electron chi connectivity index (χ2n) is 10.4. The molecule has 0 aliphatic heterocycles. The van der Waals surface area contributed by atoms with Crippen LogP contribution in [-0.4, -0.2) is 9.97 Å². The number of hydrogen-bond acceptors (Lipinski definition) is 4. The molecule has 0 aliphatic rings. The van der Waals surface area contributed by atoms with E-state index < -0.39 is 0 Å². The quantitative estimate of drug-likeness (QED) is 0.124. The monoisotopic (exact) mass is 791 g/mol. The molecule has 0 saturated carbocycles. The summed E-state index contributed by atoms with van der Waals surface area (Å²) < 4.78 is 2.34. The summed E-state index contributed by atoms with van der Waals surface area (Å²) in [6, 6.07) is 58.1. The molecule has 45 heavy (non-hydrogen) atoms. The zero-order chi connectivity index (χ0) is 29.3. The molecule has 6 aromatic carbocycles. The predicted molar refractivity (Wildman–Crippen MR) is 186 cm³/mol. The van der Waals surface area contributed by atoms with Gasteiger partial charge in [-0.05, 0) is 41.0 Å². The average Bonchev–Trinajstić information content (AvgIpc) is 3.73. The van der Waals surface area contributed by atoms with E-state index in [9.17, 15) is 0 Å². The Morgan fingerprint density at radius 3 is 1.29 bits per heavy atom. The number of hydrogen-bond donors (Lipinski definition) is 0. The maximum atomic E-state index is 4.95. The summed E-state index contributed by atoms with van der Waals surface area (Å²) in [6.45, 7) is 0. The molecule has 2 nitrogen and oxygen atoms in total. The summed E-state index contributed by atoms with van der Waals surface area (Å²) in [4.78, 5) is 9.90. The van der Waals surface area contributed by atoms with Crippen LogP contribution in [0, 0.1) is 12.1 Å². The summed E-state index contributed by atoms with van der Waals surface area (Å²) in [6.07, 6.45) is 0. The molecular weight excluding hydrogens is 768 g/mol. The van der Waals surface area contributed by atoms with Gasteiger partial charge in [0.15, 0.2) is 0 Å². The van der Waals surface area contributed by atoms with Crippen LogP contribution in [0.5, 0.6) is 0 Å². The van der Waals surface area contributed by atoms with Crippen LogP contribution in [-0.2, 0) is 21.1 Å². The van der Waals surface area contributed by atoms with Gasteiger partial charge in [-0.3, -0.25) is 9.97 Å². The number of benzene rings is 6. The van der Waals surface area contributed by atoms with Crippen molar-refractivity contribution >= 4 is 54.3 Å². The number of aromatic nitrogens is 2. The maximum Gasteiger partial charge on any atom is 2.00 e. The topological polar surface area (TPSA) is 25.8 Å². The smallest absolute Gasteiger partial charge is 0.275 e. The van der Waals surface area contributed by atoms with Crippen LogP contribution in [0.25, 0.3) is 52.7 Å². The average molecular weight is 792 g/mol. The van der Waals surface area contributed by atoms with E-state index in [-0.39, 0.29) is 21.1 Å². The Morgan fingerprint density at radius 2 is 0.844 bits per heavy atom. The molecule has 216 valence electrons. The predicted octanol–water partition coefficient (Wildman–Crippen LogP) is 10.8. The Kier molecular flexibility index (Phi) is 8.36. The third kappa shape index (κ3) is 5.85. The standard InChI is InChI=1S/C40H24N2S2.Pt/c1-3-13-27(14-4-1)37(28-15-5-2-6-16-28)38(29-17-11-19-31(25-29)39-41-33-21-7-9-23-35(33)43-39)30-18-12-20-32(26-30)40-42-34-22-8-10-24-36(34)44-40;/h1-24H;/q-2;+2. The van der Waals surface area contributed by atoms with Gasteiger partial charge in [0.2, 0.25) is 0 Å². The van der Waals surface area contributed by atoms with Crippen LogP contribution < -0.4 is 0 Å². The Labute approximate surface area is 284 Å². The van der Waals surface area contributed by atoms with E-state index in [0.29, 0.717) is 0 Å². The van der Waals surface area contributed by atoms with Crippen molar-refractivity contribution in [2.24, 2.45) is 0 Å². The Morgan fingerprint density at radius 1 is 0.422 bits per heavy atom. The van der Waals surface area contributed by atoms with Gasteiger partial charge in [-0.1, -0.05) is 102 Å². The summed E-state index contributed by atoms with van der Waals surface area (Å²) in [5.41, 5.74) is 10.4. The number of fused-ring (bicyclic) bond motifs is 2. The first-order valence-corrected chi connectivity index (χ1v) is 16.1. The Bertz CT molecular complexity index is 2060. The van der Waals surface area contributed by atoms with Crippen LogP contribution in [0.3, 0.4) is 0 Å². The van der Waals surface area contributed by atoms with Crippen molar-refractivity contribution in [3.05, 3.63) is 180 Å². The van der Waals surface area contributed by atoms with Crippen molar-refractivity contribution in [3.63, 3.8) is 0 Å². The van der Waals surface area contributed by atoms with Crippen molar-refractivity contribution in [2.45, 2.75) is 0 Å². The van der Waals surface area contributed by atoms with Gasteiger partial charge in [0, 0.05) is 9.40 Å². The molecule has 8 rings (SSSR count). The molecule has 0 bridgehead atoms. The van der Waals surface area contributed by atoms with Gasteiger partial charge in [-0.25, -0.2) is 0 Å². The van der Waals surface area contributed by atoms with E-state index in [1.165, 1.54) is 9.40 Å². The van der Waals surface area contributed by atoms with E-state index in [2.05, 4.69) is 146 Å². The van der Waals surface area contributed by atoms with Crippen molar-refractivity contribution in [1.82, 2.24) is 9.97 Å². The van der Waals surface area contributed by atoms with Crippen molar-refractivity contribution in [1.29, 1.82) is 0 Å². The van der Waals surface area contributed by atoms with E-state index in [1.807, 2.05) is 12.1 Å². The number of rotatable bonds is 6. The molecule has 5 heteroatoms. The van der Waals surface area contributed by atoms with Crippen molar-refractivity contribution < 1.29 is 21.1 Å². The van der Waals surface area contributed by atoms with Gasteiger partial charge < -0.3 is 0 Å². The van der Waals surface area contributed by atoms with Gasteiger partial charge in [-0.15, -0.1) is 59.7 Å². The third-order valence-corrected chi connectivity index (χ3v) is 9.69. The zero-order valence-corrected chi connectivity index (χ0v) is 27.8. The van der Waals surface area contributed by atoms with Crippen LogP contribution in [0.15, 0.2) is 146 Å². The fourth-order valence-corrected chi connectivity index (χ4v) is 7.43. The minimum Gasteiger partial charge on any atom is -0.275 e. The first kappa shape index (κ1) is 29.3. The SMILES string of the molecule is [Pt+2].[c-]1c(C(=C(c2ccccc2)c2ccccc2)c2[c-]c(-c3nc4ccccc4s3)ccc2)cccc1-c1nc2ccccc2s1. The second kappa shape index (κ2) is 12.9. The molecule has 0 spiro atoms. The molecule has 0 saturated heterocycles. The van der Waals surface area contributed by atoms with Crippen molar-refractivity contribution in [2.75, 3.05) is 0 Å². The van der Waals surface area contributed by atoms with E-state index in [0.717, 1.165) is 65.6 Å². The summed E-state index contributed by atoms with van der Waals surface area (Å²) in [5.74, 6) is 0. The first-order valence-electron chi connectivity index (χ1n) is 14.4. The fraction of sp³-hybridized carbons (Fsp3) is 0. The van der Waals surface area contributed by atoms with Gasteiger partial charge in [0.05, 0.1) is 21.0 Å². The van der Waals surface area contributed by atoms with Gasteiger partial charge >= 0.3 is 21.1 Å². The van der Waals surface area contributed by atoms with E-state index in [1.54, 1.807) is 22.7 Å². The summed E-state index contributed by atoms with van der Waals surface area (Å²) in [5, 5.41) is 1.92. The molecule has 0 fully saturated rings. The molecular formula is C40H24N2PtS2. The van der Waals surface area contributed by atoms with Gasteiger partial charge in [0.1, 0.15) is 0 Å². The molecule has 0 aliphatic carbocycles. The molecule has 2 aromatic heterocycles. The molecule has 0 atom stereocenters. The normalized spacial score (nSPS) is 10.9. The number of para-hydroxylation sites is 2. The Hall–Kier alpha value is -4.47. The van der Waals surface area contributed by atoms with Crippen LogP contribution in [0.4, 0.5) is 0 Å². The Balaban J connectivity index is 0.00000325. The molecule has 0 radical (unpaired) electrons. The van der Waals surface area contributed by atoms with Crippen LogP contribution in [0.1, 0.15) is 22.3 Å². The molecule has 2 heterocycles. The minimum absolute atomic E-state index is 0. The van der Waals surface area contributed by atoms with E-state index in [4.69, 9.17) is 9.97 Å². The van der Waals surface area contributed by atoms with Gasteiger partial charge in [0.25, 0.3) is 0 Å². The molecule has 8 aromatic rings. The largest absolute Gasteiger partial charge is 2.00 e. The van der Waals surface area contributed by atoms with Crippen molar-refractivity contribution in [3.8, 4) is 21.1 Å². The minimum atomic E-state index is 0. The zero-order valence-electron chi connectivity index (χ0n) is 23.9. The molecule has 0 unspecified atom stereocenters. The summed E-state index contributed by atoms with van der Waals surface area (Å²) >= 11 is 3.39. The second-order valence-corrected chi connectivity index (χ2v) is 12.5. The third-order valence-electron chi connectivity index (χ3n) is 7.55. The molecule has 0 N–H and O–H groups in total. The first-order chi connectivity index (χ1) is 21.8. The van der Waals surface area contributed by atoms with Crippen LogP contribution in [0.2, 0.25) is 0 Å². The summed E-state index contributed by atoms with van der Waals surface area (Å²) in [7, 11) is 0. The number of nitrogens with zero attached hydrogens (tertiary/aromatic N) is 2. The number of thiazole rings is 2. The fourth-order valence-electron chi connectivity index (χ4n) is 5.53. The van der Waals surface area contributed by atoms with Crippen LogP contribution >= 0.6 is 22.7 Å². The molecule has 0 amide bonds.